The van der Waals surface area contributed by atoms with Crippen LogP contribution in [0.2, 0.25) is 0 Å². The molecule has 3 heterocycles. The number of nitrogens with zero attached hydrogens (tertiary/aromatic N) is 1. The third kappa shape index (κ3) is 1.82. The Kier molecular flexibility index (Phi) is 2.64. The Morgan fingerprint density at radius 2 is 2.26 bits per heavy atom. The molecule has 0 saturated carbocycles. The van der Waals surface area contributed by atoms with Gasteiger partial charge in [-0.25, -0.2) is 4.98 Å². The number of nitrogen functional groups attached to an aromatic ring is 1. The first kappa shape index (κ1) is 11.9. The summed E-state index contributed by atoms with van der Waals surface area (Å²) in [5.74, 6) is 0.693. The van der Waals surface area contributed by atoms with E-state index in [0.29, 0.717) is 10.6 Å². The van der Waals surface area contributed by atoms with Crippen LogP contribution in [-0.4, -0.2) is 10.8 Å². The summed E-state index contributed by atoms with van der Waals surface area (Å²) in [6.07, 6.45) is 1.62. The molecule has 0 aliphatic heterocycles. The molecular weight excluding hydrogens is 260 g/mol. The number of fused-ring (bicyclic) bond motifs is 1. The van der Waals surface area contributed by atoms with Crippen LogP contribution < -0.4 is 5.73 Å². The summed E-state index contributed by atoms with van der Waals surface area (Å²) in [5, 5.41) is 0.802. The third-order valence-corrected chi connectivity index (χ3v) is 4.13. The van der Waals surface area contributed by atoms with Gasteiger partial charge in [0, 0.05) is 23.6 Å². The lowest BCUT2D eigenvalue weighted by Gasteiger charge is -2.03. The molecule has 3 rings (SSSR count). The van der Waals surface area contributed by atoms with E-state index in [1.807, 2.05) is 25.1 Å². The fraction of sp³-hybridized carbons (Fsp3) is 0.143. The average Bonchev–Trinajstić information content (AvgIpc) is 2.96. The molecule has 0 aromatic carbocycles. The highest BCUT2D eigenvalue weighted by Gasteiger charge is 2.19. The fourth-order valence-electron chi connectivity index (χ4n) is 2.13. The molecule has 19 heavy (non-hydrogen) atoms. The van der Waals surface area contributed by atoms with Crippen molar-refractivity contribution in [1.82, 2.24) is 4.98 Å². The predicted molar refractivity (Wildman–Crippen MR) is 76.5 cm³/mol. The number of carbonyl (C=O) groups excluding carboxylic acids is 1. The number of ketones is 1. The Hall–Kier alpha value is -2.14. The van der Waals surface area contributed by atoms with Crippen LogP contribution in [0.4, 0.5) is 5.69 Å². The van der Waals surface area contributed by atoms with Crippen molar-refractivity contribution < 1.29 is 9.21 Å². The van der Waals surface area contributed by atoms with Crippen molar-refractivity contribution in [3.63, 3.8) is 0 Å². The molecule has 0 saturated heterocycles. The zero-order valence-electron chi connectivity index (χ0n) is 10.6. The maximum absolute atomic E-state index is 11.6. The first-order chi connectivity index (χ1) is 9.08. The summed E-state index contributed by atoms with van der Waals surface area (Å²) in [4.78, 5) is 17.4. The first-order valence-electron chi connectivity index (χ1n) is 5.82. The van der Waals surface area contributed by atoms with Crippen LogP contribution in [0.1, 0.15) is 22.3 Å². The van der Waals surface area contributed by atoms with Crippen LogP contribution in [0.25, 0.3) is 21.5 Å². The molecule has 0 amide bonds. The number of hydrogen-bond acceptors (Lipinski definition) is 5. The largest absolute Gasteiger partial charge is 0.464 e. The first-order valence-corrected chi connectivity index (χ1v) is 6.64. The highest BCUT2D eigenvalue weighted by Crippen LogP contribution is 2.39. The van der Waals surface area contributed by atoms with Crippen LogP contribution in [0.3, 0.4) is 0 Å². The summed E-state index contributed by atoms with van der Waals surface area (Å²) in [6, 6.07) is 5.62. The Morgan fingerprint density at radius 1 is 1.47 bits per heavy atom. The van der Waals surface area contributed by atoms with Crippen molar-refractivity contribution in [3.8, 4) is 11.3 Å². The number of hydrogen-bond donors (Lipinski definition) is 1. The van der Waals surface area contributed by atoms with E-state index in [-0.39, 0.29) is 5.78 Å². The number of carbonyl (C=O) groups is 1. The van der Waals surface area contributed by atoms with E-state index in [4.69, 9.17) is 10.2 Å². The van der Waals surface area contributed by atoms with Gasteiger partial charge in [-0.2, -0.15) is 0 Å². The van der Waals surface area contributed by atoms with Crippen molar-refractivity contribution in [3.05, 3.63) is 35.0 Å². The van der Waals surface area contributed by atoms with Gasteiger partial charge in [0.2, 0.25) is 0 Å². The minimum atomic E-state index is -0.0384. The predicted octanol–water partition coefficient (Wildman–Crippen LogP) is 3.65. The second-order valence-corrected chi connectivity index (χ2v) is 5.37. The van der Waals surface area contributed by atoms with Gasteiger partial charge in [-0.3, -0.25) is 4.79 Å². The minimum Gasteiger partial charge on any atom is -0.464 e. The molecule has 0 radical (unpaired) electrons. The molecule has 0 fully saturated rings. The van der Waals surface area contributed by atoms with Gasteiger partial charge in [-0.1, -0.05) is 0 Å². The Morgan fingerprint density at radius 3 is 2.89 bits per heavy atom. The number of furan rings is 1. The van der Waals surface area contributed by atoms with E-state index >= 15 is 0 Å². The normalized spacial score (nSPS) is 11.1. The molecule has 0 spiro atoms. The maximum atomic E-state index is 11.6. The SMILES string of the molecule is CC(=O)c1sc2nc(C)cc(-c3ccco3)c2c1N. The lowest BCUT2D eigenvalue weighted by molar-refractivity contribution is 0.102. The van der Waals surface area contributed by atoms with E-state index in [0.717, 1.165) is 27.2 Å². The smallest absolute Gasteiger partial charge is 0.171 e. The lowest BCUT2D eigenvalue weighted by atomic mass is 10.1. The lowest BCUT2D eigenvalue weighted by Crippen LogP contribution is -1.94. The average molecular weight is 272 g/mol. The van der Waals surface area contributed by atoms with Crippen molar-refractivity contribution in [1.29, 1.82) is 0 Å². The second kappa shape index (κ2) is 4.20. The molecule has 0 aliphatic rings. The molecule has 0 atom stereocenters. The third-order valence-electron chi connectivity index (χ3n) is 2.93. The molecule has 4 nitrogen and oxygen atoms in total. The van der Waals surface area contributed by atoms with Crippen LogP contribution in [-0.2, 0) is 0 Å². The zero-order chi connectivity index (χ0) is 13.6. The number of thiophene rings is 1. The van der Waals surface area contributed by atoms with Crippen molar-refractivity contribution in [2.45, 2.75) is 13.8 Å². The van der Waals surface area contributed by atoms with E-state index in [9.17, 15) is 4.79 Å². The number of aryl methyl sites for hydroxylation is 1. The van der Waals surface area contributed by atoms with Crippen LogP contribution in [0.15, 0.2) is 28.9 Å². The molecule has 0 aliphatic carbocycles. The highest BCUT2D eigenvalue weighted by atomic mass is 32.1. The summed E-state index contributed by atoms with van der Waals surface area (Å²) < 4.78 is 5.44. The zero-order valence-corrected chi connectivity index (χ0v) is 11.4. The van der Waals surface area contributed by atoms with Crippen LogP contribution in [0.5, 0.6) is 0 Å². The number of anilines is 1. The standard InChI is InChI=1S/C14H12N2O2S/c1-7-6-9(10-4-3-5-18-10)11-12(15)13(8(2)17)19-14(11)16-7/h3-6H,15H2,1-2H3. The van der Waals surface area contributed by atoms with Crippen LogP contribution >= 0.6 is 11.3 Å². The van der Waals surface area contributed by atoms with Gasteiger partial charge in [0.25, 0.3) is 0 Å². The van der Waals surface area contributed by atoms with E-state index in [1.165, 1.54) is 18.3 Å². The van der Waals surface area contributed by atoms with Gasteiger partial charge < -0.3 is 10.2 Å². The molecule has 0 unspecified atom stereocenters. The second-order valence-electron chi connectivity index (χ2n) is 4.37. The molecule has 3 aromatic heterocycles. The van der Waals surface area contributed by atoms with E-state index < -0.39 is 0 Å². The van der Waals surface area contributed by atoms with Crippen LogP contribution in [0, 0.1) is 6.92 Å². The monoisotopic (exact) mass is 272 g/mol. The van der Waals surface area contributed by atoms with Crippen molar-refractivity contribution in [2.24, 2.45) is 0 Å². The fourth-order valence-corrected chi connectivity index (χ4v) is 3.19. The number of Topliss-reactive ketones (excluding diaryl/α,β-unsaturated/α-hetero) is 1. The van der Waals surface area contributed by atoms with Gasteiger partial charge in [-0.15, -0.1) is 11.3 Å². The number of nitrogens with two attached hydrogens (primary N) is 1. The summed E-state index contributed by atoms with van der Waals surface area (Å²) >= 11 is 1.33. The van der Waals surface area contributed by atoms with Gasteiger partial charge in [0.05, 0.1) is 16.8 Å². The van der Waals surface area contributed by atoms with E-state index in [2.05, 4.69) is 4.98 Å². The summed E-state index contributed by atoms with van der Waals surface area (Å²) in [5.41, 5.74) is 8.35. The van der Waals surface area contributed by atoms with Gasteiger partial charge in [-0.05, 0) is 25.1 Å². The molecule has 5 heteroatoms. The topological polar surface area (TPSA) is 69.1 Å². The molecule has 96 valence electrons. The molecule has 0 bridgehead atoms. The molecular formula is C14H12N2O2S. The van der Waals surface area contributed by atoms with Gasteiger partial charge in [0.15, 0.2) is 5.78 Å². The maximum Gasteiger partial charge on any atom is 0.171 e. The minimum absolute atomic E-state index is 0.0384. The van der Waals surface area contributed by atoms with Gasteiger partial charge >= 0.3 is 0 Å². The Labute approximate surface area is 113 Å². The summed E-state index contributed by atoms with van der Waals surface area (Å²) in [7, 11) is 0. The van der Waals surface area contributed by atoms with E-state index in [1.54, 1.807) is 6.26 Å². The number of pyridine rings is 1. The Balaban J connectivity index is 2.41. The van der Waals surface area contributed by atoms with Crippen molar-refractivity contribution >= 4 is 33.0 Å². The summed E-state index contributed by atoms with van der Waals surface area (Å²) in [6.45, 7) is 3.43. The number of aromatic nitrogens is 1. The molecule has 3 aromatic rings. The van der Waals surface area contributed by atoms with Gasteiger partial charge in [0.1, 0.15) is 10.6 Å². The quantitative estimate of drug-likeness (QED) is 0.723. The number of rotatable bonds is 2. The highest BCUT2D eigenvalue weighted by molar-refractivity contribution is 7.21. The molecule has 2 N–H and O–H groups in total. The van der Waals surface area contributed by atoms with Crippen molar-refractivity contribution in [2.75, 3.05) is 5.73 Å². The Bertz CT molecular complexity index is 772.